The van der Waals surface area contributed by atoms with E-state index in [1.165, 1.54) is 16.7 Å². The number of hydrogen-bond donors (Lipinski definition) is 1. The first kappa shape index (κ1) is 13.9. The Morgan fingerprint density at radius 3 is 2.95 bits per heavy atom. The second-order valence-electron chi connectivity index (χ2n) is 6.23. The van der Waals surface area contributed by atoms with Crippen molar-refractivity contribution in [2.45, 2.75) is 24.5 Å². The molecule has 0 amide bonds. The zero-order chi connectivity index (χ0) is 15.3. The lowest BCUT2D eigenvalue weighted by molar-refractivity contribution is 0.0513. The summed E-state index contributed by atoms with van der Waals surface area (Å²) in [5.41, 5.74) is 3.68. The summed E-state index contributed by atoms with van der Waals surface area (Å²) in [4.78, 5) is 2.52. The normalized spacial score (nSPS) is 29.5. The summed E-state index contributed by atoms with van der Waals surface area (Å²) in [6.45, 7) is 1.97. The summed E-state index contributed by atoms with van der Waals surface area (Å²) in [5, 5.41) is 10.1. The van der Waals surface area contributed by atoms with Crippen molar-refractivity contribution >= 4 is 0 Å². The molecule has 0 saturated heterocycles. The van der Waals surface area contributed by atoms with Crippen LogP contribution >= 0.6 is 0 Å². The summed E-state index contributed by atoms with van der Waals surface area (Å²) in [6.07, 6.45) is 8.64. The van der Waals surface area contributed by atoms with Crippen LogP contribution in [0.3, 0.4) is 0 Å². The number of nitrogens with zero attached hydrogens (tertiary/aromatic N) is 1. The van der Waals surface area contributed by atoms with Gasteiger partial charge in [-0.3, -0.25) is 4.90 Å². The van der Waals surface area contributed by atoms with E-state index in [0.717, 1.165) is 25.9 Å². The minimum Gasteiger partial charge on any atom is -0.504 e. The van der Waals surface area contributed by atoms with E-state index in [9.17, 15) is 5.11 Å². The van der Waals surface area contributed by atoms with Crippen LogP contribution in [0.2, 0.25) is 0 Å². The molecule has 0 saturated carbocycles. The van der Waals surface area contributed by atoms with Crippen LogP contribution in [0.1, 0.15) is 17.5 Å². The van der Waals surface area contributed by atoms with Crippen LogP contribution in [-0.4, -0.2) is 43.4 Å². The van der Waals surface area contributed by atoms with Crippen molar-refractivity contribution in [2.75, 3.05) is 27.3 Å². The molecule has 1 aromatic carbocycles. The number of methoxy groups -OCH3 is 2. The Morgan fingerprint density at radius 1 is 1.32 bits per heavy atom. The Labute approximate surface area is 130 Å². The molecule has 4 heteroatoms. The van der Waals surface area contributed by atoms with Crippen LogP contribution in [-0.2, 0) is 16.7 Å². The molecule has 4 rings (SSSR count). The van der Waals surface area contributed by atoms with Gasteiger partial charge < -0.3 is 14.6 Å². The number of fused-ring (bicyclic) bond motifs is 1. The van der Waals surface area contributed by atoms with E-state index >= 15 is 0 Å². The quantitative estimate of drug-likeness (QED) is 0.910. The first-order valence-electron chi connectivity index (χ1n) is 7.76. The Hall–Kier alpha value is -1.78. The van der Waals surface area contributed by atoms with Gasteiger partial charge in [-0.15, -0.1) is 0 Å². The number of rotatable bonds is 2. The predicted octanol–water partition coefficient (Wildman–Crippen LogP) is 2.37. The largest absolute Gasteiger partial charge is 0.504 e. The Balaban J connectivity index is 1.92. The Bertz CT molecular complexity index is 679. The molecule has 4 nitrogen and oxygen atoms in total. The van der Waals surface area contributed by atoms with Crippen molar-refractivity contribution in [3.8, 4) is 11.5 Å². The lowest BCUT2D eigenvalue weighted by Crippen LogP contribution is -2.51. The van der Waals surface area contributed by atoms with E-state index in [4.69, 9.17) is 9.47 Å². The molecule has 3 aliphatic rings. The number of phenolic OH excluding ortho intramolecular Hbond substituents is 1. The van der Waals surface area contributed by atoms with Crippen LogP contribution in [0.15, 0.2) is 35.9 Å². The van der Waals surface area contributed by atoms with Crippen molar-refractivity contribution in [2.24, 2.45) is 0 Å². The topological polar surface area (TPSA) is 41.9 Å². The van der Waals surface area contributed by atoms with E-state index in [2.05, 4.69) is 23.1 Å². The Kier molecular flexibility index (Phi) is 3.06. The summed E-state index contributed by atoms with van der Waals surface area (Å²) >= 11 is 0. The molecule has 116 valence electrons. The number of ether oxygens (including phenoxy) is 2. The van der Waals surface area contributed by atoms with Gasteiger partial charge in [-0.1, -0.05) is 18.2 Å². The fourth-order valence-corrected chi connectivity index (χ4v) is 4.24. The maximum Gasteiger partial charge on any atom is 0.160 e. The molecule has 1 spiro atoms. The fourth-order valence-electron chi connectivity index (χ4n) is 4.24. The second-order valence-corrected chi connectivity index (χ2v) is 6.23. The Morgan fingerprint density at radius 2 is 2.18 bits per heavy atom. The molecule has 1 aromatic rings. The van der Waals surface area contributed by atoms with Crippen LogP contribution < -0.4 is 4.74 Å². The van der Waals surface area contributed by atoms with E-state index < -0.39 is 0 Å². The highest BCUT2D eigenvalue weighted by molar-refractivity contribution is 5.57. The van der Waals surface area contributed by atoms with Crippen molar-refractivity contribution in [3.63, 3.8) is 0 Å². The van der Waals surface area contributed by atoms with E-state index in [1.54, 1.807) is 14.2 Å². The van der Waals surface area contributed by atoms with Gasteiger partial charge in [0.2, 0.25) is 0 Å². The maximum atomic E-state index is 10.1. The average molecular weight is 299 g/mol. The zero-order valence-corrected chi connectivity index (χ0v) is 13.0. The smallest absolute Gasteiger partial charge is 0.160 e. The van der Waals surface area contributed by atoms with Gasteiger partial charge in [0, 0.05) is 26.6 Å². The molecular formula is C18H21NO3. The summed E-state index contributed by atoms with van der Waals surface area (Å²) in [5.74, 6) is 0.772. The van der Waals surface area contributed by atoms with Crippen molar-refractivity contribution in [1.29, 1.82) is 0 Å². The molecule has 0 fully saturated rings. The van der Waals surface area contributed by atoms with Crippen molar-refractivity contribution in [3.05, 3.63) is 47.1 Å². The van der Waals surface area contributed by atoms with Gasteiger partial charge >= 0.3 is 0 Å². The van der Waals surface area contributed by atoms with E-state index in [1.807, 2.05) is 12.1 Å². The van der Waals surface area contributed by atoms with Gasteiger partial charge in [0.1, 0.15) is 0 Å². The minimum absolute atomic E-state index is 0.114. The third-order valence-electron chi connectivity index (χ3n) is 5.34. The van der Waals surface area contributed by atoms with Crippen LogP contribution in [0.25, 0.3) is 0 Å². The van der Waals surface area contributed by atoms with Gasteiger partial charge in [-0.25, -0.2) is 0 Å². The van der Waals surface area contributed by atoms with Crippen molar-refractivity contribution in [1.82, 2.24) is 4.90 Å². The third-order valence-corrected chi connectivity index (χ3v) is 5.34. The summed E-state index contributed by atoms with van der Waals surface area (Å²) in [7, 11) is 3.37. The number of hydrogen-bond acceptors (Lipinski definition) is 4. The highest BCUT2D eigenvalue weighted by Gasteiger charge is 2.50. The first-order valence-corrected chi connectivity index (χ1v) is 7.76. The monoisotopic (exact) mass is 299 g/mol. The lowest BCUT2D eigenvalue weighted by Gasteiger charge is -2.48. The van der Waals surface area contributed by atoms with E-state index in [0.29, 0.717) is 5.75 Å². The van der Waals surface area contributed by atoms with Crippen LogP contribution in [0, 0.1) is 0 Å². The zero-order valence-electron chi connectivity index (χ0n) is 13.0. The maximum absolute atomic E-state index is 10.1. The third kappa shape index (κ3) is 1.71. The molecule has 2 aliphatic heterocycles. The second kappa shape index (κ2) is 4.86. The summed E-state index contributed by atoms with van der Waals surface area (Å²) in [6, 6.07) is 3.89. The SMILES string of the molecule is COc1cc2c(cc1O)CCN1CC=C3C=CC(OC)C[C@]321. The molecule has 1 aliphatic carbocycles. The molecule has 0 bridgehead atoms. The standard InChI is InChI=1S/C18H21NO3/c1-21-14-4-3-13-6-8-19-7-5-12-9-16(20)17(22-2)10-15(12)18(13,19)11-14/h3-4,6,9-10,14,20H,5,7-8,11H2,1-2H3/t14?,18-/m0/s1. The minimum atomic E-state index is -0.135. The molecule has 22 heavy (non-hydrogen) atoms. The van der Waals surface area contributed by atoms with Crippen LogP contribution in [0.4, 0.5) is 0 Å². The van der Waals surface area contributed by atoms with E-state index in [-0.39, 0.29) is 17.4 Å². The number of benzene rings is 1. The number of phenols is 1. The van der Waals surface area contributed by atoms with Gasteiger partial charge in [0.25, 0.3) is 0 Å². The molecule has 2 atom stereocenters. The first-order chi connectivity index (χ1) is 10.7. The highest BCUT2D eigenvalue weighted by atomic mass is 16.5. The van der Waals surface area contributed by atoms with Crippen molar-refractivity contribution < 1.29 is 14.6 Å². The average Bonchev–Trinajstić information content (AvgIpc) is 2.92. The van der Waals surface area contributed by atoms with Gasteiger partial charge in [0.05, 0.1) is 18.8 Å². The van der Waals surface area contributed by atoms with Gasteiger partial charge in [-0.2, -0.15) is 0 Å². The molecule has 0 aromatic heterocycles. The molecule has 1 N–H and O–H groups in total. The lowest BCUT2D eigenvalue weighted by atomic mass is 9.71. The number of aromatic hydroxyl groups is 1. The molecule has 2 heterocycles. The fraction of sp³-hybridized carbons (Fsp3) is 0.444. The molecule has 1 unspecified atom stereocenters. The van der Waals surface area contributed by atoms with Crippen LogP contribution in [0.5, 0.6) is 11.5 Å². The van der Waals surface area contributed by atoms with Gasteiger partial charge in [0.15, 0.2) is 11.5 Å². The summed E-state index contributed by atoms with van der Waals surface area (Å²) < 4.78 is 11.0. The molecule has 0 radical (unpaired) electrons. The predicted molar refractivity (Wildman–Crippen MR) is 84.3 cm³/mol. The highest BCUT2D eigenvalue weighted by Crippen LogP contribution is 2.52. The van der Waals surface area contributed by atoms with Gasteiger partial charge in [-0.05, 0) is 35.3 Å². The molecular weight excluding hydrogens is 278 g/mol.